The van der Waals surface area contributed by atoms with Crippen LogP contribution in [0.25, 0.3) is 10.9 Å². The minimum absolute atomic E-state index is 0.494. The SMILES string of the molecule is COc1cc([Se](=O)c2cn(Cc3ccccc3)c3ccccc23)cc(OC)c1OC. The number of ether oxygens (including phenoxy) is 3. The molecule has 1 unspecified atom stereocenters. The Balaban J connectivity index is 1.81. The molecule has 0 bridgehead atoms. The third-order valence-electron chi connectivity index (χ3n) is 5.00. The summed E-state index contributed by atoms with van der Waals surface area (Å²) in [7, 11) is 4.68. The average molecular weight is 468 g/mol. The molecule has 1 heterocycles. The van der Waals surface area contributed by atoms with E-state index in [1.54, 1.807) is 33.5 Å². The fraction of sp³-hybridized carbons (Fsp3) is 0.167. The van der Waals surface area contributed by atoms with Gasteiger partial charge in [-0.15, -0.1) is 0 Å². The molecule has 5 nitrogen and oxygen atoms in total. The standard InChI is InChI=1S/C24H23NO4Se/c1-27-21-13-18(14-22(28-2)24(21)29-3)30(26)23-16-25(15-17-9-5-4-6-10-17)20-12-8-7-11-19(20)23/h4-14,16H,15H2,1-3H3. The van der Waals surface area contributed by atoms with Gasteiger partial charge in [-0.2, -0.15) is 0 Å². The number of aromatic nitrogens is 1. The third-order valence-corrected chi connectivity index (χ3v) is 7.91. The zero-order chi connectivity index (χ0) is 21.1. The van der Waals surface area contributed by atoms with Gasteiger partial charge in [0.05, 0.1) is 0 Å². The number of para-hydroxylation sites is 1. The van der Waals surface area contributed by atoms with E-state index in [1.165, 1.54) is 5.56 Å². The Kier molecular flexibility index (Phi) is 5.88. The van der Waals surface area contributed by atoms with Gasteiger partial charge in [-0.25, -0.2) is 0 Å². The number of rotatable bonds is 7. The van der Waals surface area contributed by atoms with Gasteiger partial charge in [0.25, 0.3) is 0 Å². The van der Waals surface area contributed by atoms with E-state index in [9.17, 15) is 3.83 Å². The molecule has 154 valence electrons. The van der Waals surface area contributed by atoms with Gasteiger partial charge >= 0.3 is 180 Å². The first-order chi connectivity index (χ1) is 14.7. The first-order valence-corrected chi connectivity index (χ1v) is 11.9. The summed E-state index contributed by atoms with van der Waals surface area (Å²) in [6, 6.07) is 21.9. The van der Waals surface area contributed by atoms with E-state index in [0.717, 1.165) is 21.9 Å². The molecule has 6 heteroatoms. The summed E-state index contributed by atoms with van der Waals surface area (Å²) in [6.07, 6.45) is 2.01. The molecule has 1 atom stereocenters. The van der Waals surface area contributed by atoms with Crippen molar-refractivity contribution in [2.24, 2.45) is 0 Å². The van der Waals surface area contributed by atoms with E-state index >= 15 is 0 Å². The number of fused-ring (bicyclic) bond motifs is 1. The molecule has 30 heavy (non-hydrogen) atoms. The monoisotopic (exact) mass is 469 g/mol. The molecule has 0 saturated carbocycles. The zero-order valence-electron chi connectivity index (χ0n) is 17.1. The third kappa shape index (κ3) is 3.72. The summed E-state index contributed by atoms with van der Waals surface area (Å²) in [5, 5.41) is 1.00. The van der Waals surface area contributed by atoms with Crippen LogP contribution < -0.4 is 23.1 Å². The normalized spacial score (nSPS) is 12.0. The molecule has 0 amide bonds. The molecule has 0 aliphatic heterocycles. The molecule has 0 fully saturated rings. The van der Waals surface area contributed by atoms with Crippen molar-refractivity contribution >= 4 is 33.7 Å². The minimum atomic E-state index is -2.59. The van der Waals surface area contributed by atoms with E-state index in [4.69, 9.17) is 14.2 Å². The molecule has 0 aliphatic rings. The molecular formula is C24H23NO4Se. The molecule has 0 saturated heterocycles. The van der Waals surface area contributed by atoms with Gasteiger partial charge in [-0.3, -0.25) is 0 Å². The van der Waals surface area contributed by atoms with Gasteiger partial charge in [0, 0.05) is 0 Å². The van der Waals surface area contributed by atoms with Crippen molar-refractivity contribution in [2.45, 2.75) is 6.54 Å². The van der Waals surface area contributed by atoms with E-state index in [-0.39, 0.29) is 0 Å². The molecule has 0 N–H and O–H groups in total. The number of hydrogen-bond donors (Lipinski definition) is 0. The molecule has 0 aliphatic carbocycles. The van der Waals surface area contributed by atoms with Gasteiger partial charge in [-0.1, -0.05) is 0 Å². The Labute approximate surface area is 179 Å². The second-order valence-electron chi connectivity index (χ2n) is 6.75. The van der Waals surface area contributed by atoms with Crippen LogP contribution in [0.2, 0.25) is 0 Å². The summed E-state index contributed by atoms with van der Waals surface area (Å²) in [5.74, 6) is 1.50. The number of methoxy groups -OCH3 is 3. The van der Waals surface area contributed by atoms with Crippen LogP contribution in [0.5, 0.6) is 17.2 Å². The fourth-order valence-corrected chi connectivity index (χ4v) is 6.24. The van der Waals surface area contributed by atoms with E-state index < -0.39 is 13.8 Å². The quantitative estimate of drug-likeness (QED) is 0.391. The summed E-state index contributed by atoms with van der Waals surface area (Å²) in [6.45, 7) is 0.718. The van der Waals surface area contributed by atoms with Crippen LogP contribution in [0.3, 0.4) is 0 Å². The molecule has 4 aromatic rings. The van der Waals surface area contributed by atoms with Crippen molar-refractivity contribution in [3.63, 3.8) is 0 Å². The van der Waals surface area contributed by atoms with Crippen LogP contribution in [0.4, 0.5) is 0 Å². The van der Waals surface area contributed by atoms with E-state index in [2.05, 4.69) is 22.8 Å². The van der Waals surface area contributed by atoms with E-state index in [1.807, 2.05) is 42.6 Å². The van der Waals surface area contributed by atoms with Gasteiger partial charge in [0.2, 0.25) is 0 Å². The van der Waals surface area contributed by atoms with Crippen molar-refractivity contribution in [1.29, 1.82) is 0 Å². The number of benzene rings is 3. The van der Waals surface area contributed by atoms with Crippen molar-refractivity contribution in [3.8, 4) is 17.2 Å². The van der Waals surface area contributed by atoms with Crippen LogP contribution >= 0.6 is 0 Å². The Morgan fingerprint density at radius 3 is 2.10 bits per heavy atom. The topological polar surface area (TPSA) is 49.7 Å². The maximum atomic E-state index is 13.7. The zero-order valence-corrected chi connectivity index (χ0v) is 18.8. The molecule has 0 radical (unpaired) electrons. The Morgan fingerprint density at radius 1 is 0.833 bits per heavy atom. The maximum absolute atomic E-state index is 13.7. The van der Waals surface area contributed by atoms with Crippen LogP contribution in [-0.4, -0.2) is 39.7 Å². The molecular weight excluding hydrogens is 445 g/mol. The van der Waals surface area contributed by atoms with Crippen LogP contribution in [0, 0.1) is 0 Å². The molecule has 1 aromatic heterocycles. The predicted molar refractivity (Wildman–Crippen MR) is 119 cm³/mol. The van der Waals surface area contributed by atoms with Gasteiger partial charge in [-0.05, 0) is 0 Å². The van der Waals surface area contributed by atoms with Crippen molar-refractivity contribution in [2.75, 3.05) is 21.3 Å². The van der Waals surface area contributed by atoms with Gasteiger partial charge in [0.1, 0.15) is 0 Å². The summed E-state index contributed by atoms with van der Waals surface area (Å²) in [5.41, 5.74) is 2.26. The number of nitrogens with zero attached hydrogens (tertiary/aromatic N) is 1. The van der Waals surface area contributed by atoms with Crippen molar-refractivity contribution in [3.05, 3.63) is 78.5 Å². The molecule has 0 spiro atoms. The van der Waals surface area contributed by atoms with Crippen LogP contribution in [0.1, 0.15) is 5.56 Å². The second kappa shape index (κ2) is 8.74. The summed E-state index contributed by atoms with van der Waals surface area (Å²) in [4.78, 5) is 0. The number of hydrogen-bond acceptors (Lipinski definition) is 4. The Morgan fingerprint density at radius 2 is 1.47 bits per heavy atom. The molecule has 4 rings (SSSR count). The van der Waals surface area contributed by atoms with E-state index in [0.29, 0.717) is 21.7 Å². The van der Waals surface area contributed by atoms with Gasteiger partial charge < -0.3 is 0 Å². The predicted octanol–water partition coefficient (Wildman–Crippen LogP) is 3.25. The van der Waals surface area contributed by atoms with Crippen molar-refractivity contribution in [1.82, 2.24) is 4.57 Å². The van der Waals surface area contributed by atoms with Crippen molar-refractivity contribution < 1.29 is 18.0 Å². The summed E-state index contributed by atoms with van der Waals surface area (Å²) < 4.78 is 33.7. The fourth-order valence-electron chi connectivity index (χ4n) is 3.56. The first-order valence-electron chi connectivity index (χ1n) is 9.50. The molecule has 3 aromatic carbocycles. The van der Waals surface area contributed by atoms with Gasteiger partial charge in [0.15, 0.2) is 0 Å². The Hall–Kier alpha value is -3.08. The van der Waals surface area contributed by atoms with Crippen LogP contribution in [0.15, 0.2) is 72.9 Å². The summed E-state index contributed by atoms with van der Waals surface area (Å²) >= 11 is -2.59. The second-order valence-corrected chi connectivity index (χ2v) is 9.79. The Bertz CT molecular complexity index is 1180. The van der Waals surface area contributed by atoms with Crippen LogP contribution in [-0.2, 0) is 10.4 Å². The average Bonchev–Trinajstić information content (AvgIpc) is 3.16. The first kappa shape index (κ1) is 20.2.